The number of aromatic nitrogens is 5. The van der Waals surface area contributed by atoms with E-state index in [1.54, 1.807) is 4.68 Å². The van der Waals surface area contributed by atoms with E-state index in [1.165, 1.54) is 5.56 Å². The van der Waals surface area contributed by atoms with Crippen LogP contribution in [0.25, 0.3) is 11.2 Å². The van der Waals surface area contributed by atoms with Crippen molar-refractivity contribution in [2.75, 3.05) is 13.1 Å². The Balaban J connectivity index is 1.53. The molecule has 1 aliphatic rings. The Morgan fingerprint density at radius 3 is 2.48 bits per heavy atom. The van der Waals surface area contributed by atoms with Crippen molar-refractivity contribution < 1.29 is 4.79 Å². The maximum Gasteiger partial charge on any atom is 0.281 e. The van der Waals surface area contributed by atoms with Crippen LogP contribution in [0.15, 0.2) is 29.1 Å². The number of aryl methyl sites for hydroxylation is 1. The average Bonchev–Trinajstić information content (AvgIpc) is 3.19. The number of benzene rings is 1. The number of H-pyrrole nitrogens is 1. The van der Waals surface area contributed by atoms with E-state index in [4.69, 9.17) is 4.98 Å². The summed E-state index contributed by atoms with van der Waals surface area (Å²) in [5.74, 6) is 1.14. The van der Waals surface area contributed by atoms with Gasteiger partial charge in [-0.2, -0.15) is 0 Å². The fourth-order valence-corrected chi connectivity index (χ4v) is 4.32. The van der Waals surface area contributed by atoms with Crippen LogP contribution >= 0.6 is 0 Å². The molecule has 8 nitrogen and oxygen atoms in total. The van der Waals surface area contributed by atoms with Crippen LogP contribution in [0.5, 0.6) is 0 Å². The molecule has 4 rings (SSSR count). The molecular formula is C23H30N6O2. The third-order valence-corrected chi connectivity index (χ3v) is 6.37. The minimum atomic E-state index is -0.259. The number of hydrogen-bond acceptors (Lipinski definition) is 5. The Bertz CT molecular complexity index is 1110. The molecule has 1 fully saturated rings. The second-order valence-electron chi connectivity index (χ2n) is 8.47. The van der Waals surface area contributed by atoms with Crippen molar-refractivity contribution in [3.63, 3.8) is 0 Å². The molecule has 0 spiro atoms. The maximum atomic E-state index is 12.7. The van der Waals surface area contributed by atoms with Crippen LogP contribution in [-0.2, 0) is 11.3 Å². The summed E-state index contributed by atoms with van der Waals surface area (Å²) < 4.78 is 1.69. The van der Waals surface area contributed by atoms with Crippen molar-refractivity contribution in [1.29, 1.82) is 0 Å². The van der Waals surface area contributed by atoms with E-state index in [0.717, 1.165) is 31.2 Å². The average molecular weight is 423 g/mol. The zero-order chi connectivity index (χ0) is 22.0. The first-order valence-corrected chi connectivity index (χ1v) is 11.2. The van der Waals surface area contributed by atoms with Crippen molar-refractivity contribution in [2.24, 2.45) is 5.92 Å². The third kappa shape index (κ3) is 4.38. The van der Waals surface area contributed by atoms with E-state index in [1.807, 2.05) is 24.0 Å². The summed E-state index contributed by atoms with van der Waals surface area (Å²) >= 11 is 0. The van der Waals surface area contributed by atoms with Gasteiger partial charge >= 0.3 is 0 Å². The van der Waals surface area contributed by atoms with Gasteiger partial charge in [-0.05, 0) is 38.2 Å². The second kappa shape index (κ2) is 8.99. The molecule has 1 aliphatic heterocycles. The number of nitrogens with one attached hydrogen (secondary N) is 1. The Labute approximate surface area is 181 Å². The Kier molecular flexibility index (Phi) is 6.15. The molecule has 0 aliphatic carbocycles. The smallest absolute Gasteiger partial charge is 0.281 e. The van der Waals surface area contributed by atoms with E-state index in [2.05, 4.69) is 41.3 Å². The Hall–Kier alpha value is -3.03. The lowest BCUT2D eigenvalue weighted by molar-refractivity contribution is -0.136. The van der Waals surface area contributed by atoms with Crippen LogP contribution in [0.3, 0.4) is 0 Å². The molecule has 164 valence electrons. The first-order valence-electron chi connectivity index (χ1n) is 11.2. The highest BCUT2D eigenvalue weighted by atomic mass is 16.2. The fourth-order valence-electron chi connectivity index (χ4n) is 4.32. The number of carbonyl (C=O) groups is 1. The van der Waals surface area contributed by atoms with Crippen molar-refractivity contribution in [3.8, 4) is 0 Å². The molecule has 3 aromatic rings. The van der Waals surface area contributed by atoms with Crippen molar-refractivity contribution >= 4 is 17.1 Å². The molecule has 31 heavy (non-hydrogen) atoms. The van der Waals surface area contributed by atoms with E-state index >= 15 is 0 Å². The van der Waals surface area contributed by atoms with Gasteiger partial charge < -0.3 is 9.88 Å². The molecule has 3 heterocycles. The quantitative estimate of drug-likeness (QED) is 0.659. The van der Waals surface area contributed by atoms with Crippen LogP contribution < -0.4 is 5.56 Å². The van der Waals surface area contributed by atoms with Gasteiger partial charge in [0.15, 0.2) is 11.2 Å². The molecule has 1 amide bonds. The third-order valence-electron chi connectivity index (χ3n) is 6.37. The van der Waals surface area contributed by atoms with Gasteiger partial charge in [0.2, 0.25) is 5.91 Å². The number of fused-ring (bicyclic) bond motifs is 1. The predicted molar refractivity (Wildman–Crippen MR) is 119 cm³/mol. The van der Waals surface area contributed by atoms with Gasteiger partial charge in [-0.1, -0.05) is 48.9 Å². The van der Waals surface area contributed by atoms with Gasteiger partial charge in [0.1, 0.15) is 5.82 Å². The zero-order valence-corrected chi connectivity index (χ0v) is 18.5. The summed E-state index contributed by atoms with van der Waals surface area (Å²) in [6.07, 6.45) is 3.33. The molecule has 0 unspecified atom stereocenters. The van der Waals surface area contributed by atoms with Crippen molar-refractivity contribution in [2.45, 2.75) is 58.9 Å². The first kappa shape index (κ1) is 21.2. The molecule has 0 saturated carbocycles. The van der Waals surface area contributed by atoms with Crippen LogP contribution in [0.2, 0.25) is 0 Å². The lowest BCUT2D eigenvalue weighted by atomic mass is 9.93. The first-order chi connectivity index (χ1) is 15.0. The lowest BCUT2D eigenvalue weighted by Gasteiger charge is -2.33. The summed E-state index contributed by atoms with van der Waals surface area (Å²) in [6, 6.07) is 8.20. The number of nitrogens with zero attached hydrogens (tertiary/aromatic N) is 5. The summed E-state index contributed by atoms with van der Waals surface area (Å²) in [4.78, 5) is 34.9. The molecule has 2 aromatic heterocycles. The number of hydrogen-bond donors (Lipinski definition) is 1. The normalized spacial score (nSPS) is 15.2. The van der Waals surface area contributed by atoms with E-state index in [9.17, 15) is 9.59 Å². The number of piperidine rings is 1. The number of rotatable bonds is 6. The number of aromatic amines is 1. The summed E-state index contributed by atoms with van der Waals surface area (Å²) in [7, 11) is 0. The van der Waals surface area contributed by atoms with Gasteiger partial charge in [0.25, 0.3) is 5.56 Å². The SMILES string of the molecule is CCC(CC)C(=O)N1CCC(c2nc3c(nnn3Cc3ccc(C)cc3)c(=O)[nH]2)CC1. The fraction of sp³-hybridized carbons (Fsp3) is 0.522. The van der Waals surface area contributed by atoms with Crippen LogP contribution in [0, 0.1) is 12.8 Å². The molecule has 1 N–H and O–H groups in total. The molecule has 1 saturated heterocycles. The highest BCUT2D eigenvalue weighted by molar-refractivity contribution is 5.78. The maximum absolute atomic E-state index is 12.7. The van der Waals surface area contributed by atoms with Gasteiger partial charge in [0.05, 0.1) is 6.54 Å². The summed E-state index contributed by atoms with van der Waals surface area (Å²) in [5.41, 5.74) is 2.78. The largest absolute Gasteiger partial charge is 0.342 e. The minimum Gasteiger partial charge on any atom is -0.342 e. The molecule has 8 heteroatoms. The summed E-state index contributed by atoms with van der Waals surface area (Å²) in [5, 5.41) is 8.21. The van der Waals surface area contributed by atoms with Gasteiger partial charge in [-0.15, -0.1) is 5.10 Å². The number of amides is 1. The van der Waals surface area contributed by atoms with Crippen LogP contribution in [0.4, 0.5) is 0 Å². The molecular weight excluding hydrogens is 392 g/mol. The van der Waals surface area contributed by atoms with Crippen LogP contribution in [-0.4, -0.2) is 48.9 Å². The molecule has 0 bridgehead atoms. The van der Waals surface area contributed by atoms with Gasteiger partial charge in [-0.3, -0.25) is 9.59 Å². The monoisotopic (exact) mass is 422 g/mol. The minimum absolute atomic E-state index is 0.105. The molecule has 1 aromatic carbocycles. The van der Waals surface area contributed by atoms with E-state index in [0.29, 0.717) is 31.1 Å². The zero-order valence-electron chi connectivity index (χ0n) is 18.5. The van der Waals surface area contributed by atoms with Crippen molar-refractivity contribution in [3.05, 3.63) is 51.6 Å². The van der Waals surface area contributed by atoms with E-state index in [-0.39, 0.29) is 28.8 Å². The standard InChI is InChI=1S/C23H30N6O2/c1-4-17(5-2)23(31)28-12-10-18(11-13-28)20-24-21-19(22(30)25-20)26-27-29(21)14-16-8-6-15(3)7-9-16/h6-9,17-18H,4-5,10-14H2,1-3H3,(H,24,25,30). The Morgan fingerprint density at radius 2 is 1.84 bits per heavy atom. The number of carbonyl (C=O) groups excluding carboxylic acids is 1. The highest BCUT2D eigenvalue weighted by Crippen LogP contribution is 2.27. The predicted octanol–water partition coefficient (Wildman–Crippen LogP) is 3.01. The van der Waals surface area contributed by atoms with E-state index < -0.39 is 0 Å². The summed E-state index contributed by atoms with van der Waals surface area (Å²) in [6.45, 7) is 8.08. The molecule has 0 atom stereocenters. The van der Waals surface area contributed by atoms with Gasteiger partial charge in [0, 0.05) is 24.9 Å². The lowest BCUT2D eigenvalue weighted by Crippen LogP contribution is -2.41. The van der Waals surface area contributed by atoms with Crippen molar-refractivity contribution in [1.82, 2.24) is 29.9 Å². The van der Waals surface area contributed by atoms with Gasteiger partial charge in [-0.25, -0.2) is 9.67 Å². The second-order valence-corrected chi connectivity index (χ2v) is 8.47. The van der Waals surface area contributed by atoms with Crippen LogP contribution in [0.1, 0.15) is 62.4 Å². The molecule has 0 radical (unpaired) electrons. The Morgan fingerprint density at radius 1 is 1.16 bits per heavy atom. The topological polar surface area (TPSA) is 96.8 Å². The number of likely N-dealkylation sites (tertiary alicyclic amines) is 1. The highest BCUT2D eigenvalue weighted by Gasteiger charge is 2.28.